The minimum Gasteiger partial charge on any atom is -0.478 e. The molecule has 0 bridgehead atoms. The number of anilines is 1. The zero-order valence-electron chi connectivity index (χ0n) is 19.8. The second-order valence-electron chi connectivity index (χ2n) is 9.07. The van der Waals surface area contributed by atoms with E-state index in [4.69, 9.17) is 9.47 Å². The van der Waals surface area contributed by atoms with E-state index < -0.39 is 16.1 Å². The lowest BCUT2D eigenvalue weighted by atomic mass is 9.99. The number of piperidine rings is 1. The molecule has 34 heavy (non-hydrogen) atoms. The van der Waals surface area contributed by atoms with Gasteiger partial charge >= 0.3 is 0 Å². The van der Waals surface area contributed by atoms with Crippen molar-refractivity contribution in [1.29, 1.82) is 0 Å². The summed E-state index contributed by atoms with van der Waals surface area (Å²) in [6, 6.07) is 3.12. The first-order valence-electron chi connectivity index (χ1n) is 12.0. The highest BCUT2D eigenvalue weighted by Crippen LogP contribution is 2.36. The molecule has 2 amide bonds. The lowest BCUT2D eigenvalue weighted by Gasteiger charge is -2.32. The predicted molar refractivity (Wildman–Crippen MR) is 126 cm³/mol. The Kier molecular flexibility index (Phi) is 7.76. The summed E-state index contributed by atoms with van der Waals surface area (Å²) in [6.07, 6.45) is 1.11. The maximum absolute atomic E-state index is 13.5. The summed E-state index contributed by atoms with van der Waals surface area (Å²) in [7, 11) is -3.83. The van der Waals surface area contributed by atoms with Gasteiger partial charge in [0.2, 0.25) is 15.9 Å². The van der Waals surface area contributed by atoms with E-state index in [2.05, 4.69) is 15.5 Å². The van der Waals surface area contributed by atoms with Gasteiger partial charge in [-0.25, -0.2) is 8.42 Å². The zero-order chi connectivity index (χ0) is 24.3. The number of amides is 2. The number of aryl methyl sites for hydroxylation is 1. The Morgan fingerprint density at radius 3 is 2.74 bits per heavy atom. The molecule has 2 atom stereocenters. The van der Waals surface area contributed by atoms with Crippen LogP contribution in [0.4, 0.5) is 5.69 Å². The topological polar surface area (TPSA) is 117 Å². The van der Waals surface area contributed by atoms with Gasteiger partial charge in [-0.3, -0.25) is 14.5 Å². The fourth-order valence-corrected chi connectivity index (χ4v) is 6.40. The third-order valence-corrected chi connectivity index (χ3v) is 8.68. The summed E-state index contributed by atoms with van der Waals surface area (Å²) in [5.41, 5.74) is 0.997. The Morgan fingerprint density at radius 1 is 1.24 bits per heavy atom. The van der Waals surface area contributed by atoms with Crippen LogP contribution in [0.2, 0.25) is 0 Å². The molecule has 188 valence electrons. The summed E-state index contributed by atoms with van der Waals surface area (Å²) >= 11 is 0. The number of hydrogen-bond acceptors (Lipinski definition) is 7. The van der Waals surface area contributed by atoms with Gasteiger partial charge in [-0.1, -0.05) is 6.92 Å². The quantitative estimate of drug-likeness (QED) is 0.580. The van der Waals surface area contributed by atoms with Crippen molar-refractivity contribution in [2.24, 2.45) is 5.92 Å². The van der Waals surface area contributed by atoms with Crippen molar-refractivity contribution in [3.8, 4) is 5.75 Å². The van der Waals surface area contributed by atoms with Gasteiger partial charge in [-0.15, -0.1) is 0 Å². The van der Waals surface area contributed by atoms with Gasteiger partial charge in [0.1, 0.15) is 5.75 Å². The van der Waals surface area contributed by atoms with Crippen LogP contribution < -0.4 is 15.4 Å². The molecule has 1 aromatic rings. The smallest absolute Gasteiger partial charge is 0.265 e. The van der Waals surface area contributed by atoms with Crippen LogP contribution in [0.25, 0.3) is 0 Å². The van der Waals surface area contributed by atoms with Crippen molar-refractivity contribution in [3.63, 3.8) is 0 Å². The van der Waals surface area contributed by atoms with Crippen molar-refractivity contribution in [2.75, 3.05) is 57.8 Å². The summed E-state index contributed by atoms with van der Waals surface area (Å²) in [4.78, 5) is 27.2. The van der Waals surface area contributed by atoms with Crippen LogP contribution >= 0.6 is 0 Å². The molecule has 2 fully saturated rings. The number of hydrogen-bond donors (Lipinski definition) is 2. The molecule has 3 aliphatic rings. The van der Waals surface area contributed by atoms with Gasteiger partial charge in [0.05, 0.1) is 29.7 Å². The minimum atomic E-state index is -3.83. The number of fused-ring (bicyclic) bond motifs is 1. The molecule has 0 unspecified atom stereocenters. The first-order chi connectivity index (χ1) is 16.3. The molecular formula is C23H34N4O6S. The fourth-order valence-electron chi connectivity index (χ4n) is 4.65. The monoisotopic (exact) mass is 494 g/mol. The number of morpholine rings is 1. The predicted octanol–water partition coefficient (Wildman–Crippen LogP) is 0.954. The molecular weight excluding hydrogens is 460 g/mol. The summed E-state index contributed by atoms with van der Waals surface area (Å²) in [6.45, 7) is 8.48. The van der Waals surface area contributed by atoms with Gasteiger partial charge < -0.3 is 20.1 Å². The van der Waals surface area contributed by atoms with Crippen molar-refractivity contribution in [2.45, 2.75) is 44.1 Å². The van der Waals surface area contributed by atoms with Crippen LogP contribution in [0.3, 0.4) is 0 Å². The van der Waals surface area contributed by atoms with E-state index in [1.807, 2.05) is 6.92 Å². The van der Waals surface area contributed by atoms with Gasteiger partial charge in [-0.05, 0) is 37.8 Å². The Bertz CT molecular complexity index is 1020. The molecule has 4 rings (SSSR count). The normalized spacial score (nSPS) is 24.1. The summed E-state index contributed by atoms with van der Waals surface area (Å²) < 4.78 is 39.6. The SMILES string of the molecule is CC[C@H]1Oc2cc(S(=O)(=O)N3CCC[C@@H](C(=O)NCCN4CCOCC4)C3)c(C)cc2NC1=O. The highest BCUT2D eigenvalue weighted by molar-refractivity contribution is 7.89. The van der Waals surface area contributed by atoms with Crippen LogP contribution in [0.5, 0.6) is 5.75 Å². The van der Waals surface area contributed by atoms with Gasteiger partial charge in [0, 0.05) is 45.3 Å². The number of ether oxygens (including phenoxy) is 2. The average molecular weight is 495 g/mol. The van der Waals surface area contributed by atoms with Crippen molar-refractivity contribution < 1.29 is 27.5 Å². The number of benzene rings is 1. The second kappa shape index (κ2) is 10.6. The van der Waals surface area contributed by atoms with E-state index in [0.717, 1.165) is 19.6 Å². The fraction of sp³-hybridized carbons (Fsp3) is 0.652. The summed E-state index contributed by atoms with van der Waals surface area (Å²) in [5.74, 6) is -0.369. The zero-order valence-corrected chi connectivity index (χ0v) is 20.7. The molecule has 0 saturated carbocycles. The molecule has 0 aromatic heterocycles. The van der Waals surface area contributed by atoms with Crippen LogP contribution in [0.1, 0.15) is 31.7 Å². The first kappa shape index (κ1) is 24.9. The molecule has 0 spiro atoms. The Hall–Kier alpha value is -2.21. The lowest BCUT2D eigenvalue weighted by molar-refractivity contribution is -0.126. The molecule has 0 radical (unpaired) electrons. The standard InChI is InChI=1S/C23H34N4O6S/c1-3-19-23(29)25-18-13-16(2)21(14-20(18)33-19)34(30,31)27-7-4-5-17(15-27)22(28)24-6-8-26-9-11-32-12-10-26/h13-14,17,19H,3-12,15H2,1-2H3,(H,24,28)(H,25,29)/t17-,19-/m1/s1. The average Bonchev–Trinajstić information content (AvgIpc) is 2.84. The molecule has 0 aliphatic carbocycles. The van der Waals surface area contributed by atoms with E-state index in [9.17, 15) is 18.0 Å². The van der Waals surface area contributed by atoms with Crippen molar-refractivity contribution in [3.05, 3.63) is 17.7 Å². The third kappa shape index (κ3) is 5.37. The van der Waals surface area contributed by atoms with E-state index in [1.54, 1.807) is 13.0 Å². The van der Waals surface area contributed by atoms with E-state index in [-0.39, 0.29) is 29.2 Å². The summed E-state index contributed by atoms with van der Waals surface area (Å²) in [5, 5.41) is 5.77. The highest BCUT2D eigenvalue weighted by atomic mass is 32.2. The van der Waals surface area contributed by atoms with E-state index in [1.165, 1.54) is 10.4 Å². The van der Waals surface area contributed by atoms with Gasteiger partial charge in [0.15, 0.2) is 6.10 Å². The Balaban J connectivity index is 1.42. The molecule has 2 N–H and O–H groups in total. The number of nitrogens with one attached hydrogen (secondary N) is 2. The molecule has 3 heterocycles. The highest BCUT2D eigenvalue weighted by Gasteiger charge is 2.35. The second-order valence-corrected chi connectivity index (χ2v) is 11.0. The molecule has 2 saturated heterocycles. The van der Waals surface area contributed by atoms with E-state index >= 15 is 0 Å². The van der Waals surface area contributed by atoms with Gasteiger partial charge in [0.25, 0.3) is 5.91 Å². The van der Waals surface area contributed by atoms with Crippen molar-refractivity contribution >= 4 is 27.5 Å². The molecule has 11 heteroatoms. The van der Waals surface area contributed by atoms with Crippen LogP contribution in [-0.4, -0.2) is 88.0 Å². The number of carbonyl (C=O) groups is 2. The van der Waals surface area contributed by atoms with Crippen LogP contribution in [-0.2, 0) is 24.3 Å². The Morgan fingerprint density at radius 2 is 2.00 bits per heavy atom. The van der Waals surface area contributed by atoms with Crippen molar-refractivity contribution in [1.82, 2.24) is 14.5 Å². The molecule has 1 aromatic carbocycles. The van der Waals surface area contributed by atoms with E-state index in [0.29, 0.717) is 62.6 Å². The number of rotatable bonds is 7. The maximum Gasteiger partial charge on any atom is 0.265 e. The van der Waals surface area contributed by atoms with Crippen LogP contribution in [0, 0.1) is 12.8 Å². The van der Waals surface area contributed by atoms with Gasteiger partial charge in [-0.2, -0.15) is 4.31 Å². The molecule has 10 nitrogen and oxygen atoms in total. The third-order valence-electron chi connectivity index (χ3n) is 6.67. The number of sulfonamides is 1. The number of nitrogens with zero attached hydrogens (tertiary/aromatic N) is 2. The minimum absolute atomic E-state index is 0.104. The Labute approximate surface area is 201 Å². The van der Waals surface area contributed by atoms with Crippen LogP contribution in [0.15, 0.2) is 17.0 Å². The maximum atomic E-state index is 13.5. The molecule has 3 aliphatic heterocycles. The number of carbonyl (C=O) groups excluding carboxylic acids is 2. The lowest BCUT2D eigenvalue weighted by Crippen LogP contribution is -2.47. The first-order valence-corrected chi connectivity index (χ1v) is 13.4. The largest absolute Gasteiger partial charge is 0.478 e.